The molecular formula is C26H26N2O5. The van der Waals surface area contributed by atoms with Gasteiger partial charge in [-0.05, 0) is 46.2 Å². The number of aliphatic carboxylic acids is 1. The summed E-state index contributed by atoms with van der Waals surface area (Å²) >= 11 is 0. The number of hydrogen-bond acceptors (Lipinski definition) is 4. The van der Waals surface area contributed by atoms with E-state index in [1.54, 1.807) is 37.3 Å². The number of nitro benzene ring substituents is 1. The highest BCUT2D eigenvalue weighted by molar-refractivity contribution is 6.37. The lowest BCUT2D eigenvalue weighted by Gasteiger charge is -2.24. The van der Waals surface area contributed by atoms with E-state index >= 15 is 0 Å². The Morgan fingerprint density at radius 2 is 1.61 bits per heavy atom. The van der Waals surface area contributed by atoms with E-state index in [1.807, 2.05) is 24.3 Å². The molecule has 0 aromatic heterocycles. The van der Waals surface area contributed by atoms with Gasteiger partial charge in [-0.25, -0.2) is 4.79 Å². The largest absolute Gasteiger partial charge is 0.474 e. The van der Waals surface area contributed by atoms with E-state index in [4.69, 9.17) is 0 Å². The number of nitrogens with zero attached hydrogens (tertiary/aromatic N) is 2. The van der Waals surface area contributed by atoms with Crippen molar-refractivity contribution < 1.29 is 19.6 Å². The van der Waals surface area contributed by atoms with E-state index in [9.17, 15) is 24.8 Å². The highest BCUT2D eigenvalue weighted by Gasteiger charge is 2.25. The molecule has 1 N–H and O–H groups in total. The molecule has 0 aliphatic heterocycles. The Kier molecular flexibility index (Phi) is 6.62. The van der Waals surface area contributed by atoms with E-state index in [0.29, 0.717) is 22.4 Å². The highest BCUT2D eigenvalue weighted by Crippen LogP contribution is 2.31. The first-order valence-corrected chi connectivity index (χ1v) is 10.5. The molecule has 1 amide bonds. The van der Waals surface area contributed by atoms with Crippen molar-refractivity contribution in [2.24, 2.45) is 0 Å². The van der Waals surface area contributed by atoms with Crippen LogP contribution in [-0.2, 0) is 21.5 Å². The summed E-state index contributed by atoms with van der Waals surface area (Å²) in [5.41, 5.74) is 4.24. The fourth-order valence-corrected chi connectivity index (χ4v) is 3.55. The summed E-state index contributed by atoms with van der Waals surface area (Å²) in [6.45, 7) is 8.17. The number of benzene rings is 3. The Morgan fingerprint density at radius 1 is 0.970 bits per heavy atom. The van der Waals surface area contributed by atoms with Gasteiger partial charge in [-0.3, -0.25) is 19.8 Å². The van der Waals surface area contributed by atoms with Crippen molar-refractivity contribution in [2.75, 3.05) is 4.90 Å². The molecule has 33 heavy (non-hydrogen) atoms. The number of rotatable bonds is 5. The molecule has 0 aliphatic rings. The minimum Gasteiger partial charge on any atom is -0.474 e. The van der Waals surface area contributed by atoms with Crippen LogP contribution >= 0.6 is 0 Å². The first kappa shape index (κ1) is 23.7. The van der Waals surface area contributed by atoms with E-state index in [-0.39, 0.29) is 17.6 Å². The summed E-state index contributed by atoms with van der Waals surface area (Å²) in [7, 11) is 0. The van der Waals surface area contributed by atoms with Gasteiger partial charge in [0, 0.05) is 17.8 Å². The molecule has 0 fully saturated rings. The van der Waals surface area contributed by atoms with Gasteiger partial charge in [-0.1, -0.05) is 69.3 Å². The number of carbonyl (C=O) groups is 2. The summed E-state index contributed by atoms with van der Waals surface area (Å²) in [4.78, 5) is 36.2. The maximum Gasteiger partial charge on any atom is 0.394 e. The average Bonchev–Trinajstić information content (AvgIpc) is 2.77. The molecule has 7 nitrogen and oxygen atoms in total. The lowest BCUT2D eigenvalue weighted by Crippen LogP contribution is -2.36. The van der Waals surface area contributed by atoms with E-state index < -0.39 is 16.8 Å². The molecule has 0 spiro atoms. The molecule has 7 heteroatoms. The Hall–Kier alpha value is -4.00. The summed E-state index contributed by atoms with van der Waals surface area (Å²) in [6.07, 6.45) is 0. The maximum atomic E-state index is 12.7. The zero-order chi connectivity index (χ0) is 24.3. The van der Waals surface area contributed by atoms with Crippen LogP contribution in [0, 0.1) is 17.0 Å². The number of carboxylic acid groups (broad SMARTS) is 1. The molecule has 0 atom stereocenters. The zero-order valence-corrected chi connectivity index (χ0v) is 19.0. The van der Waals surface area contributed by atoms with Crippen LogP contribution in [0.1, 0.15) is 37.5 Å². The van der Waals surface area contributed by atoms with Crippen molar-refractivity contribution in [3.05, 3.63) is 93.5 Å². The summed E-state index contributed by atoms with van der Waals surface area (Å²) < 4.78 is 0. The van der Waals surface area contributed by atoms with Gasteiger partial charge >= 0.3 is 11.9 Å². The molecule has 0 radical (unpaired) electrons. The minimum atomic E-state index is -1.55. The van der Waals surface area contributed by atoms with Gasteiger partial charge in [0.2, 0.25) is 0 Å². The van der Waals surface area contributed by atoms with Crippen molar-refractivity contribution in [1.82, 2.24) is 0 Å². The molecule has 3 aromatic rings. The predicted molar refractivity (Wildman–Crippen MR) is 127 cm³/mol. The standard InChI is InChI=1S/C26H26N2O5/c1-17-8-11-20(19-6-5-7-22(14-19)28(32)33)15-23(17)27(24(29)25(30)31)16-18-9-12-21(13-10-18)26(2,3)4/h5-15H,16H2,1-4H3,(H,30,31). The van der Waals surface area contributed by atoms with Crippen molar-refractivity contribution >= 4 is 23.3 Å². The van der Waals surface area contributed by atoms with Gasteiger partial charge in [-0.15, -0.1) is 0 Å². The Labute approximate surface area is 192 Å². The highest BCUT2D eigenvalue weighted by atomic mass is 16.6. The van der Waals surface area contributed by atoms with Gasteiger partial charge in [0.05, 0.1) is 11.5 Å². The second-order valence-electron chi connectivity index (χ2n) is 8.95. The normalized spacial score (nSPS) is 11.2. The SMILES string of the molecule is Cc1ccc(-c2cccc([N+](=O)[O-])c2)cc1N(Cc1ccc(C(C)(C)C)cc1)C(=O)C(=O)O. The number of carbonyl (C=O) groups excluding carboxylic acids is 1. The molecule has 0 saturated heterocycles. The van der Waals surface area contributed by atoms with Crippen molar-refractivity contribution in [3.8, 4) is 11.1 Å². The summed E-state index contributed by atoms with van der Waals surface area (Å²) in [5, 5.41) is 20.6. The first-order chi connectivity index (χ1) is 15.5. The van der Waals surface area contributed by atoms with Crippen LogP contribution in [0.25, 0.3) is 11.1 Å². The summed E-state index contributed by atoms with van der Waals surface area (Å²) in [5.74, 6) is -2.60. The van der Waals surface area contributed by atoms with Crippen LogP contribution in [-0.4, -0.2) is 21.9 Å². The molecule has 0 bridgehead atoms. The Bertz CT molecular complexity index is 1210. The molecule has 3 aromatic carbocycles. The lowest BCUT2D eigenvalue weighted by molar-refractivity contribution is -0.384. The predicted octanol–water partition coefficient (Wildman–Crippen LogP) is 5.49. The van der Waals surface area contributed by atoms with Gasteiger partial charge in [0.15, 0.2) is 0 Å². The third kappa shape index (κ3) is 5.44. The summed E-state index contributed by atoms with van der Waals surface area (Å²) in [6, 6.07) is 19.2. The third-order valence-corrected chi connectivity index (χ3v) is 5.48. The van der Waals surface area contributed by atoms with Crippen LogP contribution in [0.3, 0.4) is 0 Å². The fraction of sp³-hybridized carbons (Fsp3) is 0.231. The molecule has 0 aliphatic carbocycles. The quantitative estimate of drug-likeness (QED) is 0.317. The minimum absolute atomic E-state index is 0.0294. The fourth-order valence-electron chi connectivity index (χ4n) is 3.55. The molecule has 0 heterocycles. The number of aryl methyl sites for hydroxylation is 1. The van der Waals surface area contributed by atoms with Crippen molar-refractivity contribution in [1.29, 1.82) is 0 Å². The smallest absolute Gasteiger partial charge is 0.394 e. The van der Waals surface area contributed by atoms with Gasteiger partial charge < -0.3 is 5.11 Å². The maximum absolute atomic E-state index is 12.7. The number of nitro groups is 1. The van der Waals surface area contributed by atoms with E-state index in [0.717, 1.165) is 11.1 Å². The lowest BCUT2D eigenvalue weighted by atomic mass is 9.87. The number of carboxylic acids is 1. The van der Waals surface area contributed by atoms with Crippen LogP contribution < -0.4 is 4.90 Å². The number of hydrogen-bond donors (Lipinski definition) is 1. The van der Waals surface area contributed by atoms with Crippen molar-refractivity contribution in [3.63, 3.8) is 0 Å². The zero-order valence-electron chi connectivity index (χ0n) is 19.0. The van der Waals surface area contributed by atoms with E-state index in [1.165, 1.54) is 17.0 Å². The number of anilines is 1. The second kappa shape index (κ2) is 9.24. The second-order valence-corrected chi connectivity index (χ2v) is 8.95. The molecule has 0 saturated carbocycles. The Balaban J connectivity index is 2.03. The average molecular weight is 447 g/mol. The van der Waals surface area contributed by atoms with Crippen molar-refractivity contribution in [2.45, 2.75) is 39.7 Å². The first-order valence-electron chi connectivity index (χ1n) is 10.5. The molecule has 170 valence electrons. The Morgan fingerprint density at radius 3 is 2.18 bits per heavy atom. The number of non-ortho nitro benzene ring substituents is 1. The molecule has 0 unspecified atom stereocenters. The van der Waals surface area contributed by atoms with Crippen LogP contribution in [0.15, 0.2) is 66.7 Å². The van der Waals surface area contributed by atoms with E-state index in [2.05, 4.69) is 20.8 Å². The molecular weight excluding hydrogens is 420 g/mol. The van der Waals surface area contributed by atoms with Crippen LogP contribution in [0.5, 0.6) is 0 Å². The van der Waals surface area contributed by atoms with Crippen LogP contribution in [0.4, 0.5) is 11.4 Å². The third-order valence-electron chi connectivity index (χ3n) is 5.48. The topological polar surface area (TPSA) is 101 Å². The molecule has 3 rings (SSSR count). The van der Waals surface area contributed by atoms with Gasteiger partial charge in [-0.2, -0.15) is 0 Å². The monoisotopic (exact) mass is 446 g/mol. The van der Waals surface area contributed by atoms with Crippen LogP contribution in [0.2, 0.25) is 0 Å². The van der Waals surface area contributed by atoms with Gasteiger partial charge in [0.25, 0.3) is 5.69 Å². The number of amides is 1. The van der Waals surface area contributed by atoms with Gasteiger partial charge in [0.1, 0.15) is 0 Å².